The van der Waals surface area contributed by atoms with Crippen molar-refractivity contribution >= 4 is 5.82 Å². The van der Waals surface area contributed by atoms with Crippen LogP contribution in [-0.2, 0) is 13.1 Å². The fraction of sp³-hybridized carbons (Fsp3) is 0.267. The fourth-order valence-corrected chi connectivity index (χ4v) is 1.93. The van der Waals surface area contributed by atoms with Crippen LogP contribution in [0.4, 0.5) is 10.2 Å². The first-order valence-electron chi connectivity index (χ1n) is 6.23. The quantitative estimate of drug-likeness (QED) is 0.895. The summed E-state index contributed by atoms with van der Waals surface area (Å²) in [6.45, 7) is 1.60. The van der Waals surface area contributed by atoms with Gasteiger partial charge in [-0.3, -0.25) is 4.90 Å². The number of nitrogens with one attached hydrogen (secondary N) is 1. The van der Waals surface area contributed by atoms with Gasteiger partial charge in [0.1, 0.15) is 11.6 Å². The summed E-state index contributed by atoms with van der Waals surface area (Å²) in [4.78, 5) is 6.45. The Hall–Kier alpha value is -1.94. The Bertz CT molecular complexity index is 508. The highest BCUT2D eigenvalue weighted by molar-refractivity contribution is 5.34. The average Bonchev–Trinajstić information content (AvgIpc) is 2.42. The van der Waals surface area contributed by atoms with E-state index in [-0.39, 0.29) is 5.82 Å². The molecule has 19 heavy (non-hydrogen) atoms. The fourth-order valence-electron chi connectivity index (χ4n) is 1.93. The monoisotopic (exact) mass is 259 g/mol. The second-order valence-electron chi connectivity index (χ2n) is 4.60. The third kappa shape index (κ3) is 4.03. The van der Waals surface area contributed by atoms with Crippen LogP contribution in [0.15, 0.2) is 42.6 Å². The van der Waals surface area contributed by atoms with Crippen molar-refractivity contribution < 1.29 is 4.39 Å². The number of hydrogen-bond acceptors (Lipinski definition) is 3. The predicted molar refractivity (Wildman–Crippen MR) is 75.4 cm³/mol. The lowest BCUT2D eigenvalue weighted by Gasteiger charge is -2.16. The third-order valence-corrected chi connectivity index (χ3v) is 2.90. The lowest BCUT2D eigenvalue weighted by atomic mass is 10.2. The highest BCUT2D eigenvalue weighted by Gasteiger charge is 2.03. The number of benzene rings is 1. The summed E-state index contributed by atoms with van der Waals surface area (Å²) in [5, 5.41) is 2.99. The van der Waals surface area contributed by atoms with Gasteiger partial charge in [0.25, 0.3) is 0 Å². The van der Waals surface area contributed by atoms with E-state index in [0.29, 0.717) is 0 Å². The molecule has 0 spiro atoms. The maximum atomic E-state index is 12.8. The number of pyridine rings is 1. The van der Waals surface area contributed by atoms with Gasteiger partial charge >= 0.3 is 0 Å². The maximum absolute atomic E-state index is 12.8. The van der Waals surface area contributed by atoms with Crippen LogP contribution in [0.5, 0.6) is 0 Å². The zero-order chi connectivity index (χ0) is 13.7. The van der Waals surface area contributed by atoms with Gasteiger partial charge in [0.2, 0.25) is 0 Å². The van der Waals surface area contributed by atoms with Crippen molar-refractivity contribution in [1.82, 2.24) is 9.88 Å². The topological polar surface area (TPSA) is 28.2 Å². The van der Waals surface area contributed by atoms with Crippen molar-refractivity contribution in [3.63, 3.8) is 0 Å². The second-order valence-corrected chi connectivity index (χ2v) is 4.60. The lowest BCUT2D eigenvalue weighted by molar-refractivity contribution is 0.318. The summed E-state index contributed by atoms with van der Waals surface area (Å²) in [6.07, 6.45) is 1.87. The van der Waals surface area contributed by atoms with Gasteiger partial charge in [-0.2, -0.15) is 0 Å². The number of rotatable bonds is 5. The Morgan fingerprint density at radius 1 is 1.05 bits per heavy atom. The van der Waals surface area contributed by atoms with E-state index >= 15 is 0 Å². The van der Waals surface area contributed by atoms with E-state index < -0.39 is 0 Å². The molecule has 0 amide bonds. The summed E-state index contributed by atoms with van der Waals surface area (Å²) < 4.78 is 12.8. The average molecular weight is 259 g/mol. The van der Waals surface area contributed by atoms with Crippen molar-refractivity contribution in [3.8, 4) is 0 Å². The molecule has 0 aliphatic heterocycles. The number of anilines is 1. The molecule has 0 aliphatic carbocycles. The normalized spacial score (nSPS) is 10.7. The molecule has 1 aromatic carbocycles. The van der Waals surface area contributed by atoms with Crippen LogP contribution in [0.1, 0.15) is 11.1 Å². The Morgan fingerprint density at radius 3 is 2.26 bits per heavy atom. The molecular weight excluding hydrogens is 241 g/mol. The molecule has 0 unspecified atom stereocenters. The second kappa shape index (κ2) is 6.29. The molecule has 0 bridgehead atoms. The van der Waals surface area contributed by atoms with E-state index in [1.54, 1.807) is 0 Å². The molecule has 0 saturated heterocycles. The number of aromatic nitrogens is 1. The van der Waals surface area contributed by atoms with E-state index in [9.17, 15) is 4.39 Å². The Balaban J connectivity index is 1.92. The smallest absolute Gasteiger partial charge is 0.125 e. The summed E-state index contributed by atoms with van der Waals surface area (Å²) >= 11 is 0. The molecule has 1 N–H and O–H groups in total. The molecule has 3 nitrogen and oxygen atoms in total. The van der Waals surface area contributed by atoms with Crippen LogP contribution in [0.25, 0.3) is 0 Å². The molecule has 0 aliphatic rings. The molecule has 0 atom stereocenters. The summed E-state index contributed by atoms with van der Waals surface area (Å²) in [7, 11) is 3.89. The van der Waals surface area contributed by atoms with Gasteiger partial charge in [0, 0.05) is 26.3 Å². The lowest BCUT2D eigenvalue weighted by Crippen LogP contribution is -2.17. The van der Waals surface area contributed by atoms with Crippen molar-refractivity contribution in [3.05, 3.63) is 59.5 Å². The highest BCUT2D eigenvalue weighted by atomic mass is 19.1. The zero-order valence-corrected chi connectivity index (χ0v) is 11.2. The van der Waals surface area contributed by atoms with Crippen LogP contribution < -0.4 is 5.32 Å². The first-order chi connectivity index (χ1) is 9.17. The van der Waals surface area contributed by atoms with Gasteiger partial charge in [-0.15, -0.1) is 0 Å². The van der Waals surface area contributed by atoms with Crippen molar-refractivity contribution in [2.24, 2.45) is 0 Å². The van der Waals surface area contributed by atoms with E-state index in [4.69, 9.17) is 0 Å². The first-order valence-corrected chi connectivity index (χ1v) is 6.23. The van der Waals surface area contributed by atoms with E-state index in [0.717, 1.165) is 30.0 Å². The standard InChI is InChI=1S/C15H18FN3/c1-17-15-8-5-13(9-18-15)11-19(2)10-12-3-6-14(16)7-4-12/h3-9H,10-11H2,1-2H3,(H,17,18). The number of halogens is 1. The predicted octanol–water partition coefficient (Wildman–Crippen LogP) is 2.89. The zero-order valence-electron chi connectivity index (χ0n) is 11.2. The molecule has 0 fully saturated rings. The molecular formula is C15H18FN3. The molecule has 2 rings (SSSR count). The van der Waals surface area contributed by atoms with Crippen LogP contribution in [0.2, 0.25) is 0 Å². The van der Waals surface area contributed by atoms with Crippen molar-refractivity contribution in [1.29, 1.82) is 0 Å². The SMILES string of the molecule is CNc1ccc(CN(C)Cc2ccc(F)cc2)cn1. The minimum absolute atomic E-state index is 0.196. The summed E-state index contributed by atoms with van der Waals surface area (Å²) in [5.41, 5.74) is 2.26. The van der Waals surface area contributed by atoms with Crippen molar-refractivity contribution in [2.75, 3.05) is 19.4 Å². The summed E-state index contributed by atoms with van der Waals surface area (Å²) in [5.74, 6) is 0.670. The molecule has 2 aromatic rings. The number of nitrogens with zero attached hydrogens (tertiary/aromatic N) is 2. The summed E-state index contributed by atoms with van der Waals surface area (Å²) in [6, 6.07) is 10.6. The van der Waals surface area contributed by atoms with Crippen LogP contribution >= 0.6 is 0 Å². The van der Waals surface area contributed by atoms with Crippen LogP contribution in [-0.4, -0.2) is 24.0 Å². The Kier molecular flexibility index (Phi) is 4.47. The highest BCUT2D eigenvalue weighted by Crippen LogP contribution is 2.10. The maximum Gasteiger partial charge on any atom is 0.125 e. The van der Waals surface area contributed by atoms with Crippen molar-refractivity contribution in [2.45, 2.75) is 13.1 Å². The molecule has 0 radical (unpaired) electrons. The van der Waals surface area contributed by atoms with Gasteiger partial charge in [-0.05, 0) is 36.4 Å². The first kappa shape index (κ1) is 13.5. The van der Waals surface area contributed by atoms with Gasteiger partial charge in [-0.1, -0.05) is 18.2 Å². The number of hydrogen-bond donors (Lipinski definition) is 1. The third-order valence-electron chi connectivity index (χ3n) is 2.90. The molecule has 1 heterocycles. The van der Waals surface area contributed by atoms with Gasteiger partial charge in [0.05, 0.1) is 0 Å². The Labute approximate surface area is 113 Å². The minimum Gasteiger partial charge on any atom is -0.373 e. The van der Waals surface area contributed by atoms with E-state index in [1.807, 2.05) is 38.5 Å². The molecule has 100 valence electrons. The molecule has 1 aromatic heterocycles. The molecule has 0 saturated carbocycles. The van der Waals surface area contributed by atoms with Crippen LogP contribution in [0.3, 0.4) is 0 Å². The minimum atomic E-state index is -0.196. The Morgan fingerprint density at radius 2 is 1.68 bits per heavy atom. The van der Waals surface area contributed by atoms with E-state index in [1.165, 1.54) is 12.1 Å². The molecule has 4 heteroatoms. The van der Waals surface area contributed by atoms with Gasteiger partial charge < -0.3 is 5.32 Å². The van der Waals surface area contributed by atoms with Crippen LogP contribution in [0, 0.1) is 5.82 Å². The van der Waals surface area contributed by atoms with Gasteiger partial charge in [0.15, 0.2) is 0 Å². The van der Waals surface area contributed by atoms with Gasteiger partial charge in [-0.25, -0.2) is 9.37 Å². The largest absolute Gasteiger partial charge is 0.373 e. The van der Waals surface area contributed by atoms with E-state index in [2.05, 4.69) is 21.3 Å².